The zero-order valence-electron chi connectivity index (χ0n) is 27.3. The Hall–Kier alpha value is -3.66. The van der Waals surface area contributed by atoms with Crippen molar-refractivity contribution in [3.8, 4) is 16.2 Å². The number of alkyl halides is 1. The topological polar surface area (TPSA) is 185 Å². The van der Waals surface area contributed by atoms with Crippen LogP contribution in [0.1, 0.15) is 51.3 Å². The van der Waals surface area contributed by atoms with E-state index in [0.29, 0.717) is 37.6 Å². The maximum atomic E-state index is 14.5. The number of nitrogens with zero attached hydrogens (tertiary/aromatic N) is 2. The second-order valence-corrected chi connectivity index (χ2v) is 13.8. The molecule has 2 heterocycles. The number of carbonyl (C=O) groups is 4. The molecule has 4 rings (SSSR count). The number of aryl methyl sites for hydroxylation is 1. The van der Waals surface area contributed by atoms with Crippen molar-refractivity contribution in [1.29, 1.82) is 0 Å². The molecule has 3 atom stereocenters. The van der Waals surface area contributed by atoms with Crippen molar-refractivity contribution in [3.63, 3.8) is 0 Å². The molecule has 0 unspecified atom stereocenters. The van der Waals surface area contributed by atoms with Crippen LogP contribution in [-0.2, 0) is 30.5 Å². The molecule has 4 amide bonds. The van der Waals surface area contributed by atoms with Gasteiger partial charge in [0.15, 0.2) is 12.3 Å². The largest absolute Gasteiger partial charge is 0.483 e. The second kappa shape index (κ2) is 15.5. The number of halogens is 1. The molecule has 0 spiro atoms. The number of likely N-dealkylation sites (tertiary alicyclic amines) is 1. The summed E-state index contributed by atoms with van der Waals surface area (Å²) in [6.07, 6.45) is -0.759. The van der Waals surface area contributed by atoms with Gasteiger partial charge in [-0.2, -0.15) is 0 Å². The first-order chi connectivity index (χ1) is 22.2. The monoisotopic (exact) mass is 676 g/mol. The van der Waals surface area contributed by atoms with Crippen LogP contribution in [0, 0.1) is 12.3 Å². The molecule has 6 N–H and O–H groups in total. The first-order valence-electron chi connectivity index (χ1n) is 15.7. The summed E-state index contributed by atoms with van der Waals surface area (Å²) in [6, 6.07) is 3.31. The Bertz CT molecular complexity index is 1440. The molecule has 1 aliphatic heterocycles. The number of β-amino-alcohol motifs (C(OH)–C–C–N with tert-alkyl or cyclic N) is 1. The number of hydrogen-bond donors (Lipinski definition) is 5. The normalized spacial score (nSPS) is 19.2. The number of benzene rings is 1. The van der Waals surface area contributed by atoms with Crippen LogP contribution in [0.3, 0.4) is 0 Å². The van der Waals surface area contributed by atoms with E-state index >= 15 is 0 Å². The molecule has 1 saturated carbocycles. The van der Waals surface area contributed by atoms with Crippen LogP contribution < -0.4 is 26.4 Å². The molecule has 1 aliphatic carbocycles. The Kier molecular flexibility index (Phi) is 11.9. The predicted molar refractivity (Wildman–Crippen MR) is 173 cm³/mol. The van der Waals surface area contributed by atoms with Gasteiger partial charge in [0.25, 0.3) is 11.8 Å². The summed E-state index contributed by atoms with van der Waals surface area (Å²) in [4.78, 5) is 58.7. The summed E-state index contributed by atoms with van der Waals surface area (Å²) in [5.41, 5.74) is 6.62. The zero-order chi connectivity index (χ0) is 34.4. The van der Waals surface area contributed by atoms with Gasteiger partial charge >= 0.3 is 0 Å². The van der Waals surface area contributed by atoms with Gasteiger partial charge in [0.05, 0.1) is 35.4 Å². The first kappa shape index (κ1) is 36.2. The van der Waals surface area contributed by atoms with Crippen molar-refractivity contribution >= 4 is 35.0 Å². The van der Waals surface area contributed by atoms with Crippen LogP contribution in [0.15, 0.2) is 23.7 Å². The number of nitrogens with one attached hydrogen (secondary N) is 3. The van der Waals surface area contributed by atoms with Gasteiger partial charge in [0.1, 0.15) is 17.8 Å². The summed E-state index contributed by atoms with van der Waals surface area (Å²) in [5.74, 6) is -1.91. The second-order valence-electron chi connectivity index (χ2n) is 13.0. The molecule has 1 saturated heterocycles. The summed E-state index contributed by atoms with van der Waals surface area (Å²) >= 11 is 1.46. The van der Waals surface area contributed by atoms with E-state index in [1.54, 1.807) is 38.4 Å². The molecule has 13 nitrogen and oxygen atoms in total. The molecule has 2 aliphatic rings. The van der Waals surface area contributed by atoms with Gasteiger partial charge in [-0.25, -0.2) is 9.37 Å². The number of amides is 4. The smallest absolute Gasteiger partial charge is 0.258 e. The molecule has 0 radical (unpaired) electrons. The van der Waals surface area contributed by atoms with E-state index in [2.05, 4.69) is 20.9 Å². The molecule has 0 bridgehead atoms. The van der Waals surface area contributed by atoms with Crippen LogP contribution in [0.25, 0.3) is 10.4 Å². The highest BCUT2D eigenvalue weighted by molar-refractivity contribution is 7.13. The fourth-order valence-electron chi connectivity index (χ4n) is 5.22. The zero-order valence-corrected chi connectivity index (χ0v) is 28.1. The third-order valence-corrected chi connectivity index (χ3v) is 9.04. The van der Waals surface area contributed by atoms with Crippen molar-refractivity contribution in [2.24, 2.45) is 11.1 Å². The van der Waals surface area contributed by atoms with Gasteiger partial charge in [0.2, 0.25) is 11.8 Å². The number of carbonyl (C=O) groups excluding carboxylic acids is 4. The lowest BCUT2D eigenvalue weighted by Gasteiger charge is -2.35. The Morgan fingerprint density at radius 1 is 1.21 bits per heavy atom. The third-order valence-electron chi connectivity index (χ3n) is 8.07. The van der Waals surface area contributed by atoms with E-state index in [1.807, 2.05) is 13.0 Å². The third kappa shape index (κ3) is 9.46. The Morgan fingerprint density at radius 2 is 1.96 bits per heavy atom. The molecule has 2 fully saturated rings. The van der Waals surface area contributed by atoms with Crippen LogP contribution in [0.5, 0.6) is 5.75 Å². The predicted octanol–water partition coefficient (Wildman–Crippen LogP) is 1.20. The van der Waals surface area contributed by atoms with Crippen molar-refractivity contribution in [2.45, 2.75) is 77.4 Å². The van der Waals surface area contributed by atoms with Crippen molar-refractivity contribution in [3.05, 3.63) is 35.0 Å². The molecule has 1 aromatic carbocycles. The minimum atomic E-state index is -1.97. The Balaban J connectivity index is 1.46. The summed E-state index contributed by atoms with van der Waals surface area (Å²) in [6.45, 7) is 8.12. The number of aromatic nitrogens is 1. The highest BCUT2D eigenvalue weighted by atomic mass is 32.1. The lowest BCUT2D eigenvalue weighted by Crippen LogP contribution is -2.59. The minimum Gasteiger partial charge on any atom is -0.483 e. The van der Waals surface area contributed by atoms with E-state index < -0.39 is 47.0 Å². The maximum Gasteiger partial charge on any atom is 0.258 e. The van der Waals surface area contributed by atoms with Gasteiger partial charge in [-0.1, -0.05) is 32.9 Å². The van der Waals surface area contributed by atoms with E-state index in [1.165, 1.54) is 16.2 Å². The van der Waals surface area contributed by atoms with Crippen LogP contribution in [0.4, 0.5) is 4.39 Å². The average Bonchev–Trinajstić information content (AvgIpc) is 3.43. The SMILES string of the molecule is Cc1ncsc1-c1ccc(CNC(=O)[C@@H]2C[C@@H](O)CN2C(=O)[C@@H](NC(=O)C2(F)CC2)C(C)(C)C)c(OCC(=O)NCCOCCN)c1. The maximum absolute atomic E-state index is 14.5. The highest BCUT2D eigenvalue weighted by Crippen LogP contribution is 2.40. The number of aliphatic hydroxyl groups is 1. The fraction of sp³-hybridized carbons (Fsp3) is 0.594. The van der Waals surface area contributed by atoms with E-state index in [4.69, 9.17) is 15.2 Å². The Labute approximate surface area is 277 Å². The number of hydrogen-bond acceptors (Lipinski definition) is 10. The standard InChI is InChI=1S/C32H45FN6O7S/c1-19-26(47-18-37-19)20-5-6-21(24(13-20)46-17-25(41)35-10-12-45-11-9-34)15-36-28(42)23-14-22(40)16-39(23)29(43)27(31(2,3)4)38-30(44)32(33)7-8-32/h5-6,13,18,22-23,27,40H,7-12,14-17,34H2,1-4H3,(H,35,41)(H,36,42)(H,38,44)/t22-,23+,27-/m1/s1. The van der Waals surface area contributed by atoms with Crippen molar-refractivity contribution < 1.29 is 38.1 Å². The summed E-state index contributed by atoms with van der Waals surface area (Å²) < 4.78 is 25.7. The highest BCUT2D eigenvalue weighted by Gasteiger charge is 2.53. The number of rotatable bonds is 15. The quantitative estimate of drug-likeness (QED) is 0.173. The summed E-state index contributed by atoms with van der Waals surface area (Å²) in [7, 11) is 0. The van der Waals surface area contributed by atoms with Gasteiger partial charge in [-0.05, 0) is 36.8 Å². The molecular formula is C32H45FN6O7S. The first-order valence-corrected chi connectivity index (χ1v) is 16.6. The van der Waals surface area contributed by atoms with E-state index in [9.17, 15) is 28.7 Å². The Morgan fingerprint density at radius 3 is 2.60 bits per heavy atom. The number of ether oxygens (including phenoxy) is 2. The van der Waals surface area contributed by atoms with Crippen molar-refractivity contribution in [1.82, 2.24) is 25.8 Å². The lowest BCUT2D eigenvalue weighted by atomic mass is 9.85. The number of thiazole rings is 1. The fourth-order valence-corrected chi connectivity index (χ4v) is 6.02. The van der Waals surface area contributed by atoms with Crippen molar-refractivity contribution in [2.75, 3.05) is 39.5 Å². The number of nitrogens with two attached hydrogens (primary N) is 1. The van der Waals surface area contributed by atoms with Crippen LogP contribution in [0.2, 0.25) is 0 Å². The number of aliphatic hydroxyl groups excluding tert-OH is 1. The van der Waals surface area contributed by atoms with Gasteiger partial charge in [-0.3, -0.25) is 19.2 Å². The van der Waals surface area contributed by atoms with E-state index in [0.717, 1.165) is 16.1 Å². The molecule has 15 heteroatoms. The molecular weight excluding hydrogens is 631 g/mol. The lowest BCUT2D eigenvalue weighted by molar-refractivity contribution is -0.145. The van der Waals surface area contributed by atoms with Crippen LogP contribution >= 0.6 is 11.3 Å². The van der Waals surface area contributed by atoms with Crippen LogP contribution in [-0.4, -0.2) is 102 Å². The molecule has 2 aromatic rings. The molecule has 258 valence electrons. The molecule has 47 heavy (non-hydrogen) atoms. The van der Waals surface area contributed by atoms with Gasteiger partial charge < -0.3 is 41.2 Å². The average molecular weight is 677 g/mol. The minimum absolute atomic E-state index is 0.00243. The van der Waals surface area contributed by atoms with E-state index in [-0.39, 0.29) is 44.9 Å². The van der Waals surface area contributed by atoms with Gasteiger partial charge in [0, 0.05) is 38.2 Å². The summed E-state index contributed by atoms with van der Waals surface area (Å²) in [5, 5.41) is 18.6. The molecule has 1 aromatic heterocycles. The van der Waals surface area contributed by atoms with Gasteiger partial charge in [-0.15, -0.1) is 11.3 Å².